The van der Waals surface area contributed by atoms with Gasteiger partial charge in [-0.25, -0.2) is 27.7 Å². The number of nitrogens with two attached hydrogens (primary N) is 1. The molecule has 1 unspecified atom stereocenters. The highest BCUT2D eigenvalue weighted by Gasteiger charge is 2.59. The van der Waals surface area contributed by atoms with Gasteiger partial charge >= 0.3 is 12.1 Å². The van der Waals surface area contributed by atoms with E-state index in [9.17, 15) is 22.2 Å². The number of hydrogen-bond acceptors (Lipinski definition) is 10. The summed E-state index contributed by atoms with van der Waals surface area (Å²) >= 11 is 5.80. The molecule has 0 aliphatic carbocycles. The highest BCUT2D eigenvalue weighted by atomic mass is 35.5. The predicted molar refractivity (Wildman–Crippen MR) is 133 cm³/mol. The molecule has 39 heavy (non-hydrogen) atoms. The Labute approximate surface area is 224 Å². The molecule has 10 nitrogen and oxygen atoms in total. The summed E-state index contributed by atoms with van der Waals surface area (Å²) in [6.07, 6.45) is -2.74. The lowest BCUT2D eigenvalue weighted by Crippen LogP contribution is -2.61. The van der Waals surface area contributed by atoms with Gasteiger partial charge in [0.1, 0.15) is 31.7 Å². The summed E-state index contributed by atoms with van der Waals surface area (Å²) < 4.78 is 81.5. The van der Waals surface area contributed by atoms with E-state index in [-0.39, 0.29) is 34.2 Å². The molecule has 2 aromatic heterocycles. The zero-order chi connectivity index (χ0) is 29.0. The van der Waals surface area contributed by atoms with Gasteiger partial charge in [-0.2, -0.15) is 13.2 Å². The van der Waals surface area contributed by atoms with Gasteiger partial charge in [-0.3, -0.25) is 4.99 Å². The maximum Gasteiger partial charge on any atom is 0.490 e. The van der Waals surface area contributed by atoms with E-state index < -0.39 is 43.4 Å². The monoisotopic (exact) mass is 588 g/mol. The van der Waals surface area contributed by atoms with Gasteiger partial charge in [0.15, 0.2) is 17.3 Å². The Bertz CT molecular complexity index is 1600. The van der Waals surface area contributed by atoms with Crippen molar-refractivity contribution in [2.45, 2.75) is 42.7 Å². The van der Waals surface area contributed by atoms with Crippen molar-refractivity contribution >= 4 is 33.1 Å². The molecule has 16 heteroatoms. The average Bonchev–Trinajstić information content (AvgIpc) is 3.36. The molecular formula is C23H21ClF4N6O4S. The van der Waals surface area contributed by atoms with Gasteiger partial charge < -0.3 is 15.0 Å². The van der Waals surface area contributed by atoms with Crippen LogP contribution in [0.5, 0.6) is 0 Å². The van der Waals surface area contributed by atoms with Crippen molar-refractivity contribution in [3.63, 3.8) is 0 Å². The number of rotatable bonds is 4. The summed E-state index contributed by atoms with van der Waals surface area (Å²) in [7, 11) is -2.86. The van der Waals surface area contributed by atoms with E-state index in [1.807, 2.05) is 0 Å². The largest absolute Gasteiger partial charge is 0.490 e. The van der Waals surface area contributed by atoms with E-state index in [0.717, 1.165) is 20.0 Å². The Kier molecular flexibility index (Phi) is 6.96. The molecule has 0 fully saturated rings. The van der Waals surface area contributed by atoms with Crippen molar-refractivity contribution in [1.29, 1.82) is 0 Å². The molecule has 0 amide bonds. The smallest absolute Gasteiger partial charge is 0.438 e. The number of benzene rings is 1. The number of carbonyl (C=O) groups is 1. The van der Waals surface area contributed by atoms with Gasteiger partial charge in [0.25, 0.3) is 0 Å². The van der Waals surface area contributed by atoms with E-state index in [4.69, 9.17) is 26.6 Å². The fraction of sp³-hybridized carbons (Fsp3) is 0.348. The van der Waals surface area contributed by atoms with Crippen molar-refractivity contribution in [2.75, 3.05) is 7.05 Å². The number of hydrogen-bond donors (Lipinski definition) is 1. The van der Waals surface area contributed by atoms with Gasteiger partial charge in [-0.1, -0.05) is 16.8 Å². The molecule has 3 aromatic rings. The molecule has 1 aliphatic rings. The normalized spacial score (nSPS) is 24.6. The number of amidine groups is 1. The highest BCUT2D eigenvalue weighted by molar-refractivity contribution is 7.96. The Balaban J connectivity index is 1.89. The van der Waals surface area contributed by atoms with Crippen LogP contribution in [-0.2, 0) is 24.8 Å². The van der Waals surface area contributed by atoms with Crippen molar-refractivity contribution in [2.24, 2.45) is 15.1 Å². The van der Waals surface area contributed by atoms with Crippen molar-refractivity contribution < 1.29 is 35.8 Å². The first kappa shape index (κ1) is 28.4. The lowest BCUT2D eigenvalue weighted by Gasteiger charge is -2.45. The van der Waals surface area contributed by atoms with E-state index in [0.29, 0.717) is 5.02 Å². The van der Waals surface area contributed by atoms with Gasteiger partial charge in [0, 0.05) is 36.6 Å². The number of aliphatic imine (C=N–C) groups is 1. The van der Waals surface area contributed by atoms with E-state index in [2.05, 4.69) is 24.5 Å². The minimum atomic E-state index is -5.44. The number of alkyl halides is 3. The molecule has 0 bridgehead atoms. The SMILES string of the molecule is CN=[S@@]1(=O)C(OC(=O)C(F)(F)F)[C@@](C)(c2cc(-c3cc(-c4ncc(Cl)cn4)no3)ccc2F)N=C(N)C1(C)C. The summed E-state index contributed by atoms with van der Waals surface area (Å²) in [4.78, 5) is 24.3. The Hall–Kier alpha value is -3.59. The quantitative estimate of drug-likeness (QED) is 0.347. The molecule has 208 valence electrons. The van der Waals surface area contributed by atoms with Crippen LogP contribution in [0, 0.1) is 5.82 Å². The lowest BCUT2D eigenvalue weighted by atomic mass is 9.90. The Morgan fingerprint density at radius 2 is 1.85 bits per heavy atom. The molecule has 3 heterocycles. The van der Waals surface area contributed by atoms with Gasteiger partial charge in [0.2, 0.25) is 5.44 Å². The first-order valence-corrected chi connectivity index (χ1v) is 13.0. The van der Waals surface area contributed by atoms with E-state index in [1.165, 1.54) is 44.4 Å². The molecule has 1 aromatic carbocycles. The van der Waals surface area contributed by atoms with Crippen LogP contribution in [0.1, 0.15) is 26.3 Å². The molecule has 3 atom stereocenters. The topological polar surface area (TPSA) is 146 Å². The zero-order valence-corrected chi connectivity index (χ0v) is 22.4. The predicted octanol–water partition coefficient (Wildman–Crippen LogP) is 4.49. The van der Waals surface area contributed by atoms with Gasteiger partial charge in [-0.05, 0) is 39.0 Å². The molecule has 0 spiro atoms. The summed E-state index contributed by atoms with van der Waals surface area (Å²) in [5, 5.41) is 4.18. The standard InChI is InChI=1S/C23H21ClF4N6O4S/c1-21(2)18(29)33-22(3,20(39(21,36)30-4)37-19(35)23(26,27)28)13-7-11(5-6-14(13)25)16-8-15(34-38-16)17-31-9-12(24)10-32-17/h5-10,20H,1-4H3,(H2,29,33)/t20?,22-,39-/m1/s1. The van der Waals surface area contributed by atoms with Gasteiger partial charge in [-0.15, -0.1) is 0 Å². The first-order valence-electron chi connectivity index (χ1n) is 11.1. The fourth-order valence-electron chi connectivity index (χ4n) is 4.05. The van der Waals surface area contributed by atoms with E-state index in [1.54, 1.807) is 0 Å². The van der Waals surface area contributed by atoms with Crippen LogP contribution in [0.2, 0.25) is 5.02 Å². The van der Waals surface area contributed by atoms with Crippen LogP contribution in [0.4, 0.5) is 17.6 Å². The number of esters is 1. The van der Waals surface area contributed by atoms with Crippen LogP contribution in [0.25, 0.3) is 22.8 Å². The maximum absolute atomic E-state index is 15.4. The average molecular weight is 589 g/mol. The summed E-state index contributed by atoms with van der Waals surface area (Å²) in [6.45, 7) is 3.82. The Morgan fingerprint density at radius 3 is 2.44 bits per heavy atom. The molecule has 2 N–H and O–H groups in total. The molecule has 0 saturated carbocycles. The molecule has 1 aliphatic heterocycles. The van der Waals surface area contributed by atoms with Crippen LogP contribution in [0.3, 0.4) is 0 Å². The van der Waals surface area contributed by atoms with Crippen LogP contribution in [-0.4, -0.2) is 54.5 Å². The molecule has 0 radical (unpaired) electrons. The van der Waals surface area contributed by atoms with Crippen molar-refractivity contribution in [3.05, 3.63) is 53.1 Å². The minimum Gasteiger partial charge on any atom is -0.438 e. The number of halogens is 5. The molecule has 0 saturated heterocycles. The number of nitrogens with zero attached hydrogens (tertiary/aromatic N) is 5. The van der Waals surface area contributed by atoms with Gasteiger partial charge in [0.05, 0.1) is 5.02 Å². The van der Waals surface area contributed by atoms with Crippen LogP contribution >= 0.6 is 11.6 Å². The highest BCUT2D eigenvalue weighted by Crippen LogP contribution is 2.46. The van der Waals surface area contributed by atoms with Crippen molar-refractivity contribution in [1.82, 2.24) is 15.1 Å². The molecule has 4 rings (SSSR count). The summed E-state index contributed by atoms with van der Waals surface area (Å²) in [5.74, 6) is -3.60. The van der Waals surface area contributed by atoms with E-state index >= 15 is 4.39 Å². The maximum atomic E-state index is 15.4. The number of aromatic nitrogens is 3. The second kappa shape index (κ2) is 9.55. The first-order chi connectivity index (χ1) is 18.0. The third-order valence-electron chi connectivity index (χ3n) is 6.32. The summed E-state index contributed by atoms with van der Waals surface area (Å²) in [5.41, 5.74) is 1.78. The number of carbonyl (C=O) groups excluding carboxylic acids is 1. The second-order valence-electron chi connectivity index (χ2n) is 9.14. The minimum absolute atomic E-state index is 0.103. The fourth-order valence-corrected chi connectivity index (χ4v) is 6.69. The zero-order valence-electron chi connectivity index (χ0n) is 20.8. The third kappa shape index (κ3) is 4.73. The third-order valence-corrected chi connectivity index (χ3v) is 9.87. The lowest BCUT2D eigenvalue weighted by molar-refractivity contribution is -0.203. The van der Waals surface area contributed by atoms with Crippen molar-refractivity contribution in [3.8, 4) is 22.8 Å². The second-order valence-corrected chi connectivity index (χ2v) is 12.5. The number of ether oxygens (including phenoxy) is 1. The molecular weight excluding hydrogens is 568 g/mol. The Morgan fingerprint density at radius 1 is 1.21 bits per heavy atom. The summed E-state index contributed by atoms with van der Waals surface area (Å²) in [6, 6.07) is 4.94. The van der Waals surface area contributed by atoms with Crippen LogP contribution in [0.15, 0.2) is 50.5 Å². The van der Waals surface area contributed by atoms with Crippen LogP contribution < -0.4 is 5.73 Å².